The van der Waals surface area contributed by atoms with Crippen LogP contribution in [0, 0.1) is 0 Å². The lowest BCUT2D eigenvalue weighted by atomic mass is 9.90. The Morgan fingerprint density at radius 1 is 0.840 bits per heavy atom. The van der Waals surface area contributed by atoms with Crippen molar-refractivity contribution in [3.63, 3.8) is 0 Å². The van der Waals surface area contributed by atoms with Gasteiger partial charge < -0.3 is 0 Å². The van der Waals surface area contributed by atoms with E-state index in [0.717, 1.165) is 10.7 Å². The van der Waals surface area contributed by atoms with E-state index in [1.165, 1.54) is 30.3 Å². The lowest BCUT2D eigenvalue weighted by molar-refractivity contribution is -0.137. The summed E-state index contributed by atoms with van der Waals surface area (Å²) in [5, 5.41) is 7.31. The van der Waals surface area contributed by atoms with Gasteiger partial charge in [0.05, 0.1) is 11.3 Å². The number of hydrogen-bond donors (Lipinski definition) is 0. The molecule has 5 nitrogen and oxygen atoms in total. The van der Waals surface area contributed by atoms with E-state index in [9.17, 15) is 22.8 Å². The first-order chi connectivity index (χ1) is 11.9. The van der Waals surface area contributed by atoms with Gasteiger partial charge in [0.15, 0.2) is 5.69 Å². The molecular formula is C17H8F3N3O2. The normalized spacial score (nSPS) is 13.6. The summed E-state index contributed by atoms with van der Waals surface area (Å²) in [4.78, 5) is 25.2. The van der Waals surface area contributed by atoms with Crippen molar-refractivity contribution in [1.29, 1.82) is 0 Å². The Hall–Kier alpha value is -3.29. The number of rotatable bonds is 1. The molecule has 3 aromatic rings. The molecule has 1 aliphatic carbocycles. The number of hydrogen-bond acceptors (Lipinski definition) is 4. The summed E-state index contributed by atoms with van der Waals surface area (Å²) in [6.45, 7) is 0. The smallest absolute Gasteiger partial charge is 0.287 e. The topological polar surface area (TPSA) is 64.8 Å². The Kier molecular flexibility index (Phi) is 3.11. The highest BCUT2D eigenvalue weighted by Gasteiger charge is 2.38. The van der Waals surface area contributed by atoms with E-state index in [0.29, 0.717) is 0 Å². The van der Waals surface area contributed by atoms with Gasteiger partial charge in [-0.15, -0.1) is 5.10 Å². The number of ketones is 2. The third kappa shape index (κ3) is 2.18. The molecule has 1 aromatic heterocycles. The molecule has 4 rings (SSSR count). The van der Waals surface area contributed by atoms with Crippen molar-refractivity contribution in [3.05, 3.63) is 76.6 Å². The molecular weight excluding hydrogens is 335 g/mol. The lowest BCUT2D eigenvalue weighted by Crippen LogP contribution is -2.23. The Bertz CT molecular complexity index is 1040. The lowest BCUT2D eigenvalue weighted by Gasteiger charge is -2.16. The average molecular weight is 343 g/mol. The molecule has 0 fully saturated rings. The number of carbonyl (C=O) groups excluding carboxylic acids is 2. The molecule has 2 aromatic carbocycles. The first-order valence-electron chi connectivity index (χ1n) is 7.20. The molecule has 8 heteroatoms. The van der Waals surface area contributed by atoms with Crippen LogP contribution in [-0.2, 0) is 6.18 Å². The minimum atomic E-state index is -4.64. The monoisotopic (exact) mass is 343 g/mol. The molecule has 1 aliphatic rings. The highest BCUT2D eigenvalue weighted by atomic mass is 19.4. The summed E-state index contributed by atoms with van der Waals surface area (Å²) >= 11 is 0. The van der Waals surface area contributed by atoms with Crippen molar-refractivity contribution < 1.29 is 22.8 Å². The molecule has 0 N–H and O–H groups in total. The van der Waals surface area contributed by atoms with Crippen molar-refractivity contribution in [2.75, 3.05) is 0 Å². The number of halogens is 3. The van der Waals surface area contributed by atoms with Crippen LogP contribution in [0.15, 0.2) is 48.5 Å². The van der Waals surface area contributed by atoms with Crippen LogP contribution < -0.4 is 0 Å². The number of fused-ring (bicyclic) bond motifs is 2. The molecule has 0 saturated carbocycles. The number of aromatic nitrogens is 3. The van der Waals surface area contributed by atoms with Crippen molar-refractivity contribution in [1.82, 2.24) is 15.0 Å². The van der Waals surface area contributed by atoms with Crippen LogP contribution >= 0.6 is 0 Å². The van der Waals surface area contributed by atoms with E-state index in [2.05, 4.69) is 10.3 Å². The van der Waals surface area contributed by atoms with E-state index in [4.69, 9.17) is 0 Å². The van der Waals surface area contributed by atoms with Gasteiger partial charge in [0.25, 0.3) is 0 Å². The zero-order valence-electron chi connectivity index (χ0n) is 12.4. The van der Waals surface area contributed by atoms with Gasteiger partial charge in [-0.25, -0.2) is 4.68 Å². The molecule has 0 bridgehead atoms. The standard InChI is InChI=1S/C17H8F3N3O2/c18-17(19,20)11-7-3-4-8-12(11)23-14-13(21-22-23)15(24)9-5-1-2-6-10(9)16(14)25/h1-8H. The minimum absolute atomic E-state index is 0.119. The van der Waals surface area contributed by atoms with Crippen LogP contribution in [0.5, 0.6) is 0 Å². The SMILES string of the molecule is O=C1c2ccccc2C(=O)c2c1nnn2-c1ccccc1C(F)(F)F. The summed E-state index contributed by atoms with van der Waals surface area (Å²) < 4.78 is 40.6. The number of alkyl halides is 3. The Balaban J connectivity index is 1.97. The molecule has 0 spiro atoms. The number of para-hydroxylation sites is 1. The molecule has 0 unspecified atom stereocenters. The molecule has 25 heavy (non-hydrogen) atoms. The fourth-order valence-corrected chi connectivity index (χ4v) is 2.84. The number of carbonyl (C=O) groups is 2. The zero-order chi connectivity index (χ0) is 17.8. The minimum Gasteiger partial charge on any atom is -0.287 e. The van der Waals surface area contributed by atoms with Crippen LogP contribution in [0.2, 0.25) is 0 Å². The maximum absolute atomic E-state index is 13.3. The van der Waals surface area contributed by atoms with Gasteiger partial charge in [-0.2, -0.15) is 13.2 Å². The van der Waals surface area contributed by atoms with E-state index in [1.807, 2.05) is 0 Å². The van der Waals surface area contributed by atoms with Crippen LogP contribution in [0.25, 0.3) is 5.69 Å². The second-order valence-corrected chi connectivity index (χ2v) is 5.42. The third-order valence-corrected chi connectivity index (χ3v) is 3.95. The Morgan fingerprint density at radius 3 is 2.12 bits per heavy atom. The summed E-state index contributed by atoms with van der Waals surface area (Å²) in [5.41, 5.74) is -1.56. The second-order valence-electron chi connectivity index (χ2n) is 5.42. The van der Waals surface area contributed by atoms with Crippen LogP contribution in [-0.4, -0.2) is 26.6 Å². The molecule has 1 heterocycles. The van der Waals surface area contributed by atoms with Gasteiger partial charge in [0.2, 0.25) is 11.6 Å². The highest BCUT2D eigenvalue weighted by molar-refractivity contribution is 6.27. The third-order valence-electron chi connectivity index (χ3n) is 3.95. The van der Waals surface area contributed by atoms with Gasteiger partial charge in [0, 0.05) is 11.1 Å². The first kappa shape index (κ1) is 15.3. The average Bonchev–Trinajstić information content (AvgIpc) is 3.04. The summed E-state index contributed by atoms with van der Waals surface area (Å²) in [6.07, 6.45) is -4.64. The predicted molar refractivity (Wildman–Crippen MR) is 79.7 cm³/mol. The fourth-order valence-electron chi connectivity index (χ4n) is 2.84. The van der Waals surface area contributed by atoms with Gasteiger partial charge in [-0.1, -0.05) is 41.6 Å². The van der Waals surface area contributed by atoms with Gasteiger partial charge in [0.1, 0.15) is 5.69 Å². The van der Waals surface area contributed by atoms with E-state index in [-0.39, 0.29) is 28.2 Å². The molecule has 0 amide bonds. The van der Waals surface area contributed by atoms with Crippen molar-refractivity contribution in [3.8, 4) is 5.69 Å². The highest BCUT2D eigenvalue weighted by Crippen LogP contribution is 2.35. The zero-order valence-corrected chi connectivity index (χ0v) is 12.4. The van der Waals surface area contributed by atoms with Gasteiger partial charge >= 0.3 is 6.18 Å². The van der Waals surface area contributed by atoms with Crippen molar-refractivity contribution in [2.45, 2.75) is 6.18 Å². The molecule has 0 saturated heterocycles. The van der Waals surface area contributed by atoms with Crippen molar-refractivity contribution >= 4 is 11.6 Å². The van der Waals surface area contributed by atoms with Crippen LogP contribution in [0.4, 0.5) is 13.2 Å². The predicted octanol–water partition coefficient (Wildman–Crippen LogP) is 3.06. The second kappa shape index (κ2) is 5.10. The van der Waals surface area contributed by atoms with Gasteiger partial charge in [-0.05, 0) is 12.1 Å². The maximum Gasteiger partial charge on any atom is 0.418 e. The summed E-state index contributed by atoms with van der Waals surface area (Å²) in [5.74, 6) is -1.13. The molecule has 0 aliphatic heterocycles. The molecule has 124 valence electrons. The number of nitrogens with zero attached hydrogens (tertiary/aromatic N) is 3. The van der Waals surface area contributed by atoms with Crippen LogP contribution in [0.1, 0.15) is 37.7 Å². The Labute approximate surface area is 138 Å². The van der Waals surface area contributed by atoms with Crippen molar-refractivity contribution in [2.24, 2.45) is 0 Å². The van der Waals surface area contributed by atoms with Crippen LogP contribution in [0.3, 0.4) is 0 Å². The first-order valence-corrected chi connectivity index (χ1v) is 7.20. The van der Waals surface area contributed by atoms with E-state index >= 15 is 0 Å². The largest absolute Gasteiger partial charge is 0.418 e. The van der Waals surface area contributed by atoms with E-state index < -0.39 is 23.3 Å². The summed E-state index contributed by atoms with van der Waals surface area (Å²) in [7, 11) is 0. The maximum atomic E-state index is 13.3. The quantitative estimate of drug-likeness (QED) is 0.533. The van der Waals surface area contributed by atoms with E-state index in [1.54, 1.807) is 12.1 Å². The fraction of sp³-hybridized carbons (Fsp3) is 0.0588. The van der Waals surface area contributed by atoms with Gasteiger partial charge in [-0.3, -0.25) is 9.59 Å². The number of benzene rings is 2. The molecule has 0 radical (unpaired) electrons. The molecule has 0 atom stereocenters. The summed E-state index contributed by atoms with van der Waals surface area (Å²) in [6, 6.07) is 10.8. The Morgan fingerprint density at radius 2 is 1.44 bits per heavy atom.